The highest BCUT2D eigenvalue weighted by Crippen LogP contribution is 2.15. The second-order valence-electron chi connectivity index (χ2n) is 6.32. The summed E-state index contributed by atoms with van der Waals surface area (Å²) in [6.07, 6.45) is 0.168. The number of amides is 1. The van der Waals surface area contributed by atoms with E-state index in [9.17, 15) is 4.79 Å². The Hall–Kier alpha value is -2.97. The molecule has 1 amide bonds. The number of carbonyl (C=O) groups excluding carboxylic acids is 1. The van der Waals surface area contributed by atoms with Crippen LogP contribution in [0.25, 0.3) is 0 Å². The molecule has 0 saturated carbocycles. The molecule has 27 heavy (non-hydrogen) atoms. The van der Waals surface area contributed by atoms with E-state index in [1.54, 1.807) is 0 Å². The Balaban J connectivity index is 1.35. The number of nitrogens with zero attached hydrogens (tertiary/aromatic N) is 1. The average Bonchev–Trinajstić information content (AvgIpc) is 2.74. The minimum atomic E-state index is -0.416. The summed E-state index contributed by atoms with van der Waals surface area (Å²) in [5.41, 5.74) is 3.20. The SMILES string of the molecule is O=C(NCCC#Cc1ccc(N2CCNCC2)cc1)OCc1ccccc1. The maximum Gasteiger partial charge on any atom is 0.407 e. The van der Waals surface area contributed by atoms with Crippen LogP contribution in [-0.2, 0) is 11.3 Å². The number of anilines is 1. The van der Waals surface area contributed by atoms with Crippen molar-refractivity contribution in [3.63, 3.8) is 0 Å². The first kappa shape index (κ1) is 18.8. The van der Waals surface area contributed by atoms with E-state index in [-0.39, 0.29) is 6.61 Å². The van der Waals surface area contributed by atoms with Crippen molar-refractivity contribution in [3.05, 3.63) is 65.7 Å². The first-order chi connectivity index (χ1) is 13.3. The molecule has 5 nitrogen and oxygen atoms in total. The van der Waals surface area contributed by atoms with Gasteiger partial charge in [-0.05, 0) is 29.8 Å². The molecule has 1 heterocycles. The van der Waals surface area contributed by atoms with Crippen LogP contribution >= 0.6 is 0 Å². The molecule has 5 heteroatoms. The predicted molar refractivity (Wildman–Crippen MR) is 108 cm³/mol. The van der Waals surface area contributed by atoms with Gasteiger partial charge in [-0.15, -0.1) is 0 Å². The molecule has 1 fully saturated rings. The molecule has 0 bridgehead atoms. The van der Waals surface area contributed by atoms with Gasteiger partial charge >= 0.3 is 6.09 Å². The minimum absolute atomic E-state index is 0.276. The number of ether oxygens (including phenoxy) is 1. The Morgan fingerprint density at radius 1 is 1.07 bits per heavy atom. The van der Waals surface area contributed by atoms with Crippen LogP contribution in [0, 0.1) is 11.8 Å². The third kappa shape index (κ3) is 6.36. The number of piperazine rings is 1. The lowest BCUT2D eigenvalue weighted by molar-refractivity contribution is 0.140. The van der Waals surface area contributed by atoms with Gasteiger partial charge in [0.05, 0.1) is 0 Å². The maximum absolute atomic E-state index is 11.6. The van der Waals surface area contributed by atoms with Crippen LogP contribution < -0.4 is 15.5 Å². The second-order valence-corrected chi connectivity index (χ2v) is 6.32. The highest BCUT2D eigenvalue weighted by atomic mass is 16.5. The Kier molecular flexibility index (Phi) is 7.14. The minimum Gasteiger partial charge on any atom is -0.445 e. The van der Waals surface area contributed by atoms with Crippen LogP contribution in [0.4, 0.5) is 10.5 Å². The normalized spacial score (nSPS) is 13.4. The van der Waals surface area contributed by atoms with Gasteiger partial charge in [0.25, 0.3) is 0 Å². The monoisotopic (exact) mass is 363 g/mol. The first-order valence-corrected chi connectivity index (χ1v) is 9.30. The average molecular weight is 363 g/mol. The van der Waals surface area contributed by atoms with Crippen LogP contribution in [-0.4, -0.2) is 38.8 Å². The van der Waals surface area contributed by atoms with Crippen LogP contribution in [0.3, 0.4) is 0 Å². The first-order valence-electron chi connectivity index (χ1n) is 9.30. The van der Waals surface area contributed by atoms with Gasteiger partial charge in [0.2, 0.25) is 0 Å². The van der Waals surface area contributed by atoms with Crippen molar-refractivity contribution in [2.24, 2.45) is 0 Å². The topological polar surface area (TPSA) is 53.6 Å². The van der Waals surface area contributed by atoms with Gasteiger partial charge in [-0.3, -0.25) is 0 Å². The van der Waals surface area contributed by atoms with Crippen molar-refractivity contribution in [2.75, 3.05) is 37.6 Å². The van der Waals surface area contributed by atoms with Crippen LogP contribution in [0.1, 0.15) is 17.5 Å². The summed E-state index contributed by atoms with van der Waals surface area (Å²) in [5.74, 6) is 6.22. The Morgan fingerprint density at radius 3 is 2.56 bits per heavy atom. The Morgan fingerprint density at radius 2 is 1.81 bits per heavy atom. The van der Waals surface area contributed by atoms with Gasteiger partial charge in [-0.2, -0.15) is 0 Å². The van der Waals surface area contributed by atoms with Crippen molar-refractivity contribution in [1.82, 2.24) is 10.6 Å². The molecule has 2 N–H and O–H groups in total. The summed E-state index contributed by atoms with van der Waals surface area (Å²) in [7, 11) is 0. The molecule has 3 rings (SSSR count). The number of hydrogen-bond donors (Lipinski definition) is 2. The molecule has 2 aromatic carbocycles. The van der Waals surface area contributed by atoms with Crippen LogP contribution in [0.15, 0.2) is 54.6 Å². The van der Waals surface area contributed by atoms with Crippen molar-refractivity contribution >= 4 is 11.8 Å². The van der Waals surface area contributed by atoms with Crippen molar-refractivity contribution in [1.29, 1.82) is 0 Å². The quantitative estimate of drug-likeness (QED) is 0.634. The highest BCUT2D eigenvalue weighted by Gasteiger charge is 2.09. The number of carbonyl (C=O) groups is 1. The largest absolute Gasteiger partial charge is 0.445 e. The summed E-state index contributed by atoms with van der Waals surface area (Å²) in [6, 6.07) is 17.9. The van der Waals surface area contributed by atoms with E-state index in [2.05, 4.69) is 39.5 Å². The van der Waals surface area contributed by atoms with Gasteiger partial charge in [0.1, 0.15) is 6.61 Å². The van der Waals surface area contributed by atoms with Crippen molar-refractivity contribution in [2.45, 2.75) is 13.0 Å². The zero-order valence-electron chi connectivity index (χ0n) is 15.4. The van der Waals surface area contributed by atoms with Gasteiger partial charge in [0, 0.05) is 50.4 Å². The molecular formula is C22H25N3O2. The maximum atomic E-state index is 11.6. The number of hydrogen-bond acceptors (Lipinski definition) is 4. The fourth-order valence-electron chi connectivity index (χ4n) is 2.84. The van der Waals surface area contributed by atoms with E-state index in [1.807, 2.05) is 42.5 Å². The number of nitrogens with one attached hydrogen (secondary N) is 2. The zero-order chi connectivity index (χ0) is 18.7. The summed E-state index contributed by atoms with van der Waals surface area (Å²) in [4.78, 5) is 14.0. The van der Waals surface area contributed by atoms with Crippen LogP contribution in [0.5, 0.6) is 0 Å². The van der Waals surface area contributed by atoms with E-state index in [1.165, 1.54) is 5.69 Å². The fraction of sp³-hybridized carbons (Fsp3) is 0.318. The summed E-state index contributed by atoms with van der Waals surface area (Å²) in [6.45, 7) is 4.88. The molecule has 1 aliphatic rings. The predicted octanol–water partition coefficient (Wildman–Crippen LogP) is 2.76. The molecule has 0 radical (unpaired) electrons. The zero-order valence-corrected chi connectivity index (χ0v) is 15.4. The molecule has 0 atom stereocenters. The molecule has 0 aliphatic carbocycles. The third-order valence-electron chi connectivity index (χ3n) is 4.31. The standard InChI is InChI=1S/C22H25N3O2/c26-22(27-18-20-7-2-1-3-8-20)24-13-5-4-6-19-9-11-21(12-10-19)25-16-14-23-15-17-25/h1-3,7-12,23H,5,13-18H2,(H,24,26). The Labute approximate surface area is 160 Å². The smallest absolute Gasteiger partial charge is 0.407 e. The molecule has 0 spiro atoms. The number of benzene rings is 2. The van der Waals surface area contributed by atoms with Gasteiger partial charge < -0.3 is 20.3 Å². The fourth-order valence-corrected chi connectivity index (χ4v) is 2.84. The lowest BCUT2D eigenvalue weighted by Crippen LogP contribution is -2.43. The lowest BCUT2D eigenvalue weighted by atomic mass is 10.2. The molecule has 140 valence electrons. The van der Waals surface area contributed by atoms with Gasteiger partial charge in [-0.25, -0.2) is 4.79 Å². The highest BCUT2D eigenvalue weighted by molar-refractivity contribution is 5.67. The molecular weight excluding hydrogens is 338 g/mol. The van der Waals surface area contributed by atoms with E-state index < -0.39 is 6.09 Å². The third-order valence-corrected chi connectivity index (χ3v) is 4.31. The second kappa shape index (κ2) is 10.2. The summed E-state index contributed by atoms with van der Waals surface area (Å²) in [5, 5.41) is 6.07. The van der Waals surface area contributed by atoms with E-state index >= 15 is 0 Å². The molecule has 0 aromatic heterocycles. The van der Waals surface area contributed by atoms with Crippen molar-refractivity contribution < 1.29 is 9.53 Å². The lowest BCUT2D eigenvalue weighted by Gasteiger charge is -2.29. The molecule has 1 saturated heterocycles. The van der Waals surface area contributed by atoms with Crippen molar-refractivity contribution in [3.8, 4) is 11.8 Å². The van der Waals surface area contributed by atoms with E-state index in [0.717, 1.165) is 37.3 Å². The van der Waals surface area contributed by atoms with Crippen LogP contribution in [0.2, 0.25) is 0 Å². The van der Waals surface area contributed by atoms with Gasteiger partial charge in [-0.1, -0.05) is 42.2 Å². The number of alkyl carbamates (subject to hydrolysis) is 1. The van der Waals surface area contributed by atoms with E-state index in [0.29, 0.717) is 13.0 Å². The van der Waals surface area contributed by atoms with E-state index in [4.69, 9.17) is 4.74 Å². The Bertz CT molecular complexity index is 773. The molecule has 0 unspecified atom stereocenters. The number of rotatable bonds is 5. The molecule has 2 aromatic rings. The molecule has 1 aliphatic heterocycles. The summed E-state index contributed by atoms with van der Waals surface area (Å²) >= 11 is 0. The summed E-state index contributed by atoms with van der Waals surface area (Å²) < 4.78 is 5.16. The van der Waals surface area contributed by atoms with Gasteiger partial charge in [0.15, 0.2) is 0 Å².